The van der Waals surface area contributed by atoms with Gasteiger partial charge in [-0.3, -0.25) is 9.36 Å². The Labute approximate surface area is 140 Å². The van der Waals surface area contributed by atoms with Crippen molar-refractivity contribution in [1.82, 2.24) is 9.47 Å². The highest BCUT2D eigenvalue weighted by Crippen LogP contribution is 2.41. The molecule has 0 atom stereocenters. The summed E-state index contributed by atoms with van der Waals surface area (Å²) < 4.78 is 1.85. The van der Waals surface area contributed by atoms with Gasteiger partial charge in [0, 0.05) is 28.1 Å². The van der Waals surface area contributed by atoms with Gasteiger partial charge in [0.05, 0.1) is 11.2 Å². The van der Waals surface area contributed by atoms with E-state index in [1.807, 2.05) is 47.0 Å². The van der Waals surface area contributed by atoms with E-state index in [2.05, 4.69) is 19.0 Å². The highest BCUT2D eigenvalue weighted by Gasteiger charge is 2.31. The summed E-state index contributed by atoms with van der Waals surface area (Å²) in [5, 5.41) is 1.78. The SMILES string of the molecule is CN(C)CCc1c2n(c3ccc(Cl)cc13)C(=O)c1ccccc1-2. The minimum Gasteiger partial charge on any atom is -0.309 e. The van der Waals surface area contributed by atoms with Crippen molar-refractivity contribution in [2.45, 2.75) is 6.42 Å². The Morgan fingerprint density at radius 3 is 2.57 bits per heavy atom. The van der Waals surface area contributed by atoms with Gasteiger partial charge in [0.2, 0.25) is 0 Å². The van der Waals surface area contributed by atoms with Crippen LogP contribution in [0, 0.1) is 0 Å². The average molecular weight is 325 g/mol. The Balaban J connectivity index is 2.04. The lowest BCUT2D eigenvalue weighted by atomic mass is 10.00. The number of carbonyl (C=O) groups is 1. The van der Waals surface area contributed by atoms with Crippen molar-refractivity contribution in [2.24, 2.45) is 0 Å². The first-order valence-electron chi connectivity index (χ1n) is 7.69. The number of nitrogens with zero attached hydrogens (tertiary/aromatic N) is 2. The van der Waals surface area contributed by atoms with Crippen molar-refractivity contribution >= 4 is 28.4 Å². The predicted molar refractivity (Wildman–Crippen MR) is 94.4 cm³/mol. The normalized spacial score (nSPS) is 13.0. The van der Waals surface area contributed by atoms with E-state index in [1.54, 1.807) is 0 Å². The lowest BCUT2D eigenvalue weighted by molar-refractivity contribution is 0.0973. The summed E-state index contributed by atoms with van der Waals surface area (Å²) in [6, 6.07) is 13.6. The molecule has 0 spiro atoms. The van der Waals surface area contributed by atoms with Crippen LogP contribution in [-0.2, 0) is 6.42 Å². The molecule has 0 saturated carbocycles. The molecule has 116 valence electrons. The summed E-state index contributed by atoms with van der Waals surface area (Å²) in [7, 11) is 4.12. The topological polar surface area (TPSA) is 25.2 Å². The number of aromatic nitrogens is 1. The first-order valence-corrected chi connectivity index (χ1v) is 8.07. The highest BCUT2D eigenvalue weighted by atomic mass is 35.5. The van der Waals surface area contributed by atoms with Crippen LogP contribution in [0.3, 0.4) is 0 Å². The van der Waals surface area contributed by atoms with Crippen molar-refractivity contribution in [2.75, 3.05) is 20.6 Å². The molecule has 23 heavy (non-hydrogen) atoms. The van der Waals surface area contributed by atoms with Crippen molar-refractivity contribution in [3.63, 3.8) is 0 Å². The molecule has 0 fully saturated rings. The minimum absolute atomic E-state index is 0.0547. The van der Waals surface area contributed by atoms with Crippen LogP contribution in [0.4, 0.5) is 0 Å². The smallest absolute Gasteiger partial charge is 0.263 e. The van der Waals surface area contributed by atoms with E-state index in [0.717, 1.165) is 40.7 Å². The molecule has 1 aliphatic rings. The summed E-state index contributed by atoms with van der Waals surface area (Å²) in [4.78, 5) is 15.0. The molecule has 2 aromatic carbocycles. The molecule has 2 heterocycles. The van der Waals surface area contributed by atoms with Gasteiger partial charge in [-0.2, -0.15) is 0 Å². The van der Waals surface area contributed by atoms with Crippen LogP contribution >= 0.6 is 11.6 Å². The number of fused-ring (bicyclic) bond motifs is 5. The zero-order valence-corrected chi connectivity index (χ0v) is 13.9. The first kappa shape index (κ1) is 14.5. The minimum atomic E-state index is 0.0547. The Morgan fingerprint density at radius 1 is 1.09 bits per heavy atom. The molecule has 0 aliphatic carbocycles. The molecule has 0 radical (unpaired) electrons. The number of hydrogen-bond acceptors (Lipinski definition) is 2. The van der Waals surface area contributed by atoms with E-state index in [-0.39, 0.29) is 5.91 Å². The Morgan fingerprint density at radius 2 is 1.83 bits per heavy atom. The van der Waals surface area contributed by atoms with Gasteiger partial charge in [0.25, 0.3) is 5.91 Å². The fourth-order valence-corrected chi connectivity index (χ4v) is 3.58. The summed E-state index contributed by atoms with van der Waals surface area (Å²) in [6.07, 6.45) is 0.883. The number of benzene rings is 2. The molecule has 0 N–H and O–H groups in total. The van der Waals surface area contributed by atoms with Gasteiger partial charge < -0.3 is 4.90 Å². The van der Waals surface area contributed by atoms with Crippen LogP contribution in [0.5, 0.6) is 0 Å². The van der Waals surface area contributed by atoms with Crippen molar-refractivity contribution in [3.05, 3.63) is 58.6 Å². The van der Waals surface area contributed by atoms with E-state index in [0.29, 0.717) is 5.02 Å². The van der Waals surface area contributed by atoms with Gasteiger partial charge in [-0.05, 0) is 50.3 Å². The Bertz CT molecular complexity index is 940. The second-order valence-corrected chi connectivity index (χ2v) is 6.66. The molecular weight excluding hydrogens is 308 g/mol. The summed E-state index contributed by atoms with van der Waals surface area (Å²) in [5.41, 5.74) is 4.99. The fourth-order valence-electron chi connectivity index (χ4n) is 3.41. The molecule has 3 nitrogen and oxygen atoms in total. The summed E-state index contributed by atoms with van der Waals surface area (Å²) in [5.74, 6) is 0.0547. The van der Waals surface area contributed by atoms with Crippen LogP contribution < -0.4 is 0 Å². The van der Waals surface area contributed by atoms with Gasteiger partial charge in [-0.25, -0.2) is 0 Å². The van der Waals surface area contributed by atoms with Crippen molar-refractivity contribution in [3.8, 4) is 11.3 Å². The summed E-state index contributed by atoms with van der Waals surface area (Å²) in [6.45, 7) is 0.926. The number of likely N-dealkylation sites (N-methyl/N-ethyl adjacent to an activating group) is 1. The van der Waals surface area contributed by atoms with E-state index in [4.69, 9.17) is 11.6 Å². The molecular formula is C19H17ClN2O. The molecule has 0 amide bonds. The maximum Gasteiger partial charge on any atom is 0.263 e. The third-order valence-electron chi connectivity index (χ3n) is 4.46. The molecule has 0 bridgehead atoms. The van der Waals surface area contributed by atoms with E-state index in [9.17, 15) is 4.79 Å². The van der Waals surface area contributed by atoms with Crippen LogP contribution in [0.25, 0.3) is 22.2 Å². The average Bonchev–Trinajstić information content (AvgIpc) is 2.99. The number of carbonyl (C=O) groups excluding carboxylic acids is 1. The van der Waals surface area contributed by atoms with Crippen molar-refractivity contribution < 1.29 is 4.79 Å². The van der Waals surface area contributed by atoms with Crippen LogP contribution in [0.2, 0.25) is 5.02 Å². The standard InChI is InChI=1S/C19H17ClN2O/c1-21(2)10-9-14-16-11-12(20)7-8-17(16)22-18(14)13-5-3-4-6-15(13)19(22)23/h3-8,11H,9-10H2,1-2H3. The molecule has 0 unspecified atom stereocenters. The highest BCUT2D eigenvalue weighted by molar-refractivity contribution is 6.31. The molecule has 3 aromatic rings. The predicted octanol–water partition coefficient (Wildman–Crippen LogP) is 4.07. The maximum atomic E-state index is 12.9. The van der Waals surface area contributed by atoms with E-state index in [1.165, 1.54) is 5.56 Å². The maximum absolute atomic E-state index is 12.9. The van der Waals surface area contributed by atoms with Gasteiger partial charge in [-0.1, -0.05) is 29.8 Å². The Hall–Kier alpha value is -2.10. The second-order valence-electron chi connectivity index (χ2n) is 6.23. The number of hydrogen-bond donors (Lipinski definition) is 0. The molecule has 1 aliphatic heterocycles. The number of halogens is 1. The van der Waals surface area contributed by atoms with Gasteiger partial charge >= 0.3 is 0 Å². The fraction of sp³-hybridized carbons (Fsp3) is 0.211. The molecule has 1 aromatic heterocycles. The zero-order valence-electron chi connectivity index (χ0n) is 13.1. The lowest BCUT2D eigenvalue weighted by Gasteiger charge is -2.10. The van der Waals surface area contributed by atoms with Crippen LogP contribution in [0.1, 0.15) is 15.9 Å². The molecule has 4 heteroatoms. The van der Waals surface area contributed by atoms with Gasteiger partial charge in [-0.15, -0.1) is 0 Å². The monoisotopic (exact) mass is 324 g/mol. The van der Waals surface area contributed by atoms with Gasteiger partial charge in [0.1, 0.15) is 0 Å². The van der Waals surface area contributed by atoms with E-state index < -0.39 is 0 Å². The first-order chi connectivity index (χ1) is 11.1. The largest absolute Gasteiger partial charge is 0.309 e. The molecule has 4 rings (SSSR count). The quantitative estimate of drug-likeness (QED) is 0.567. The third kappa shape index (κ3) is 2.12. The zero-order chi connectivity index (χ0) is 16.1. The molecule has 0 saturated heterocycles. The second kappa shape index (κ2) is 5.22. The van der Waals surface area contributed by atoms with Crippen molar-refractivity contribution in [1.29, 1.82) is 0 Å². The number of rotatable bonds is 3. The summed E-state index contributed by atoms with van der Waals surface area (Å²) >= 11 is 6.21. The Kier molecular flexibility index (Phi) is 3.29. The lowest BCUT2D eigenvalue weighted by Crippen LogP contribution is -2.15. The van der Waals surface area contributed by atoms with Gasteiger partial charge in [0.15, 0.2) is 0 Å². The van der Waals surface area contributed by atoms with Crippen LogP contribution in [-0.4, -0.2) is 36.0 Å². The third-order valence-corrected chi connectivity index (χ3v) is 4.69. The van der Waals surface area contributed by atoms with E-state index >= 15 is 0 Å². The van der Waals surface area contributed by atoms with Crippen LogP contribution in [0.15, 0.2) is 42.5 Å².